The average molecular weight is 316 g/mol. The van der Waals surface area contributed by atoms with E-state index >= 15 is 0 Å². The minimum Gasteiger partial charge on any atom is -0.377 e. The van der Waals surface area contributed by atoms with E-state index in [2.05, 4.69) is 5.32 Å². The van der Waals surface area contributed by atoms with Gasteiger partial charge in [0.25, 0.3) is 0 Å². The van der Waals surface area contributed by atoms with Crippen molar-refractivity contribution in [1.82, 2.24) is 5.32 Å². The summed E-state index contributed by atoms with van der Waals surface area (Å²) in [6.45, 7) is 1.05. The molecule has 1 aliphatic rings. The van der Waals surface area contributed by atoms with Gasteiger partial charge in [-0.25, -0.2) is 0 Å². The summed E-state index contributed by atoms with van der Waals surface area (Å²) in [4.78, 5) is 11.9. The quantitative estimate of drug-likeness (QED) is 0.873. The smallest absolute Gasteiger partial charge is 0.230 e. The second-order valence-corrected chi connectivity index (χ2v) is 5.96. The summed E-state index contributed by atoms with van der Waals surface area (Å²) in [5, 5.41) is 3.68. The van der Waals surface area contributed by atoms with Crippen molar-refractivity contribution < 1.29 is 14.3 Å². The number of rotatable bonds is 6. The number of benzene rings is 1. The SMILES string of the molecule is CO[C@@H]1COC[C@H]1NC(=O)CSCc1ccccc1Cl. The van der Waals surface area contributed by atoms with Crippen LogP contribution in [0, 0.1) is 0 Å². The molecule has 0 spiro atoms. The van der Waals surface area contributed by atoms with E-state index in [4.69, 9.17) is 21.1 Å². The lowest BCUT2D eigenvalue weighted by atomic mass is 10.2. The average Bonchev–Trinajstić information content (AvgIpc) is 2.88. The molecular formula is C14H18ClNO3S. The third-order valence-corrected chi connectivity index (χ3v) is 4.48. The molecule has 0 aromatic heterocycles. The van der Waals surface area contributed by atoms with Crippen LogP contribution in [0.3, 0.4) is 0 Å². The van der Waals surface area contributed by atoms with E-state index in [-0.39, 0.29) is 18.1 Å². The van der Waals surface area contributed by atoms with Gasteiger partial charge in [-0.1, -0.05) is 29.8 Å². The van der Waals surface area contributed by atoms with Crippen LogP contribution in [0.1, 0.15) is 5.56 Å². The highest BCUT2D eigenvalue weighted by Gasteiger charge is 2.29. The lowest BCUT2D eigenvalue weighted by Gasteiger charge is -2.17. The third-order valence-electron chi connectivity index (χ3n) is 3.13. The fourth-order valence-corrected chi connectivity index (χ4v) is 3.14. The summed E-state index contributed by atoms with van der Waals surface area (Å²) in [6.07, 6.45) is -0.0486. The first-order chi connectivity index (χ1) is 9.70. The Balaban J connectivity index is 1.72. The monoisotopic (exact) mass is 315 g/mol. The van der Waals surface area contributed by atoms with Gasteiger partial charge in [0.2, 0.25) is 5.91 Å². The van der Waals surface area contributed by atoms with Crippen molar-refractivity contribution in [1.29, 1.82) is 0 Å². The zero-order chi connectivity index (χ0) is 14.4. The van der Waals surface area contributed by atoms with Crippen LogP contribution in [-0.4, -0.2) is 44.1 Å². The lowest BCUT2D eigenvalue weighted by molar-refractivity contribution is -0.119. The highest BCUT2D eigenvalue weighted by Crippen LogP contribution is 2.20. The molecule has 0 saturated carbocycles. The van der Waals surface area contributed by atoms with Gasteiger partial charge in [-0.15, -0.1) is 11.8 Å². The first kappa shape index (κ1) is 15.6. The summed E-state index contributed by atoms with van der Waals surface area (Å²) >= 11 is 7.61. The first-order valence-electron chi connectivity index (χ1n) is 6.41. The Labute approximate surface area is 128 Å². The number of halogens is 1. The molecular weight excluding hydrogens is 298 g/mol. The number of thioether (sulfide) groups is 1. The van der Waals surface area contributed by atoms with Gasteiger partial charge in [-0.3, -0.25) is 4.79 Å². The minimum atomic E-state index is -0.0486. The molecule has 1 N–H and O–H groups in total. The van der Waals surface area contributed by atoms with Gasteiger partial charge in [0.1, 0.15) is 6.10 Å². The minimum absolute atomic E-state index is 0.000367. The summed E-state index contributed by atoms with van der Waals surface area (Å²) in [5.41, 5.74) is 1.05. The van der Waals surface area contributed by atoms with E-state index in [1.54, 1.807) is 18.9 Å². The molecule has 1 aliphatic heterocycles. The maximum absolute atomic E-state index is 11.9. The molecule has 1 aromatic rings. The fraction of sp³-hybridized carbons (Fsp3) is 0.500. The second kappa shape index (κ2) is 7.88. The predicted molar refractivity (Wildman–Crippen MR) is 81.2 cm³/mol. The van der Waals surface area contributed by atoms with Crippen molar-refractivity contribution in [3.8, 4) is 0 Å². The van der Waals surface area contributed by atoms with Crippen molar-refractivity contribution in [2.45, 2.75) is 17.9 Å². The maximum Gasteiger partial charge on any atom is 0.230 e. The largest absolute Gasteiger partial charge is 0.377 e. The van der Waals surface area contributed by atoms with E-state index in [1.165, 1.54) is 0 Å². The fourth-order valence-electron chi connectivity index (χ4n) is 2.02. The Morgan fingerprint density at radius 2 is 2.30 bits per heavy atom. The molecule has 2 rings (SSSR count). The van der Waals surface area contributed by atoms with E-state index in [1.807, 2.05) is 24.3 Å². The Kier molecular flexibility index (Phi) is 6.16. The van der Waals surface area contributed by atoms with Crippen molar-refractivity contribution in [3.63, 3.8) is 0 Å². The molecule has 20 heavy (non-hydrogen) atoms. The number of hydrogen-bond donors (Lipinski definition) is 1. The zero-order valence-corrected chi connectivity index (χ0v) is 12.9. The van der Waals surface area contributed by atoms with Crippen LogP contribution in [0.15, 0.2) is 24.3 Å². The molecule has 2 atom stereocenters. The normalized spacial score (nSPS) is 21.9. The standard InChI is InChI=1S/C14H18ClNO3S/c1-18-13-7-19-6-12(13)16-14(17)9-20-8-10-4-2-3-5-11(10)15/h2-5,12-13H,6-9H2,1H3,(H,16,17)/t12-,13-/m1/s1. The molecule has 0 radical (unpaired) electrons. The summed E-state index contributed by atoms with van der Waals surface area (Å²) in [7, 11) is 1.63. The van der Waals surface area contributed by atoms with Crippen LogP contribution in [0.25, 0.3) is 0 Å². The van der Waals surface area contributed by atoms with E-state index in [0.717, 1.165) is 16.3 Å². The van der Waals surface area contributed by atoms with Crippen LogP contribution in [0.4, 0.5) is 0 Å². The highest BCUT2D eigenvalue weighted by atomic mass is 35.5. The van der Waals surface area contributed by atoms with E-state index in [0.29, 0.717) is 19.0 Å². The van der Waals surface area contributed by atoms with Gasteiger partial charge in [-0.2, -0.15) is 0 Å². The summed E-state index contributed by atoms with van der Waals surface area (Å²) < 4.78 is 10.5. The Morgan fingerprint density at radius 1 is 1.50 bits per heavy atom. The molecule has 1 heterocycles. The van der Waals surface area contributed by atoms with Crippen molar-refractivity contribution in [3.05, 3.63) is 34.9 Å². The number of carbonyl (C=O) groups excluding carboxylic acids is 1. The Bertz CT molecular complexity index is 458. The molecule has 6 heteroatoms. The van der Waals surface area contributed by atoms with Crippen LogP contribution >= 0.6 is 23.4 Å². The number of ether oxygens (including phenoxy) is 2. The molecule has 1 saturated heterocycles. The first-order valence-corrected chi connectivity index (χ1v) is 7.95. The van der Waals surface area contributed by atoms with E-state index < -0.39 is 0 Å². The molecule has 4 nitrogen and oxygen atoms in total. The molecule has 1 fully saturated rings. The van der Waals surface area contributed by atoms with E-state index in [9.17, 15) is 4.79 Å². The van der Waals surface area contributed by atoms with Gasteiger partial charge < -0.3 is 14.8 Å². The lowest BCUT2D eigenvalue weighted by Crippen LogP contribution is -2.44. The van der Waals surface area contributed by atoms with Crippen LogP contribution in [0.2, 0.25) is 5.02 Å². The van der Waals surface area contributed by atoms with Crippen LogP contribution in [0.5, 0.6) is 0 Å². The highest BCUT2D eigenvalue weighted by molar-refractivity contribution is 7.99. The van der Waals surface area contributed by atoms with Crippen molar-refractivity contribution in [2.75, 3.05) is 26.1 Å². The number of carbonyl (C=O) groups is 1. The predicted octanol–water partition coefficient (Wildman–Crippen LogP) is 2.10. The topological polar surface area (TPSA) is 47.6 Å². The molecule has 1 amide bonds. The van der Waals surface area contributed by atoms with Crippen LogP contribution in [-0.2, 0) is 20.0 Å². The number of methoxy groups -OCH3 is 1. The number of hydrogen-bond acceptors (Lipinski definition) is 4. The Morgan fingerprint density at radius 3 is 3.05 bits per heavy atom. The number of nitrogens with one attached hydrogen (secondary N) is 1. The second-order valence-electron chi connectivity index (χ2n) is 4.57. The Hall–Kier alpha value is -0.750. The zero-order valence-electron chi connectivity index (χ0n) is 11.3. The maximum atomic E-state index is 11.9. The van der Waals surface area contributed by atoms with Gasteiger partial charge in [0, 0.05) is 17.9 Å². The molecule has 0 unspecified atom stereocenters. The van der Waals surface area contributed by atoms with Gasteiger partial charge in [-0.05, 0) is 11.6 Å². The molecule has 110 valence electrons. The number of amides is 1. The van der Waals surface area contributed by atoms with Gasteiger partial charge in [0.15, 0.2) is 0 Å². The van der Waals surface area contributed by atoms with Crippen molar-refractivity contribution >= 4 is 29.3 Å². The van der Waals surface area contributed by atoms with Crippen molar-refractivity contribution in [2.24, 2.45) is 0 Å². The van der Waals surface area contributed by atoms with Crippen LogP contribution < -0.4 is 5.32 Å². The summed E-state index contributed by atoms with van der Waals surface area (Å²) in [6, 6.07) is 7.62. The third kappa shape index (κ3) is 4.38. The summed E-state index contributed by atoms with van der Waals surface area (Å²) in [5.74, 6) is 1.12. The van der Waals surface area contributed by atoms with Gasteiger partial charge >= 0.3 is 0 Å². The molecule has 0 aliphatic carbocycles. The van der Waals surface area contributed by atoms with Gasteiger partial charge in [0.05, 0.1) is 25.0 Å². The molecule has 0 bridgehead atoms. The molecule has 1 aromatic carbocycles.